The maximum Gasteiger partial charge on any atom is 0.0560 e. The number of fused-ring (bicyclic) bond motifs is 2. The Morgan fingerprint density at radius 3 is 2.06 bits per heavy atom. The Balaban J connectivity index is 2.12. The van der Waals surface area contributed by atoms with Crippen molar-refractivity contribution in [1.29, 1.82) is 0 Å². The molecule has 0 bridgehead atoms. The SMILES string of the molecule is Clc1cc2c(cc1Br)Sc1ccccc1S2. The predicted molar refractivity (Wildman–Crippen MR) is 73.8 cm³/mol. The van der Waals surface area contributed by atoms with E-state index in [1.165, 1.54) is 19.6 Å². The van der Waals surface area contributed by atoms with Crippen LogP contribution in [0.1, 0.15) is 0 Å². The highest BCUT2D eigenvalue weighted by Crippen LogP contribution is 2.50. The van der Waals surface area contributed by atoms with E-state index in [1.54, 1.807) is 23.5 Å². The van der Waals surface area contributed by atoms with Crippen molar-refractivity contribution in [3.63, 3.8) is 0 Å². The van der Waals surface area contributed by atoms with Gasteiger partial charge < -0.3 is 0 Å². The topological polar surface area (TPSA) is 0 Å². The third-order valence-corrected chi connectivity index (χ3v) is 6.00. The molecular formula is C12H6BrClS2. The smallest absolute Gasteiger partial charge is 0.0560 e. The summed E-state index contributed by atoms with van der Waals surface area (Å²) in [5, 5.41) is 0.770. The Hall–Kier alpha value is -0.0900. The quantitative estimate of drug-likeness (QED) is 0.517. The van der Waals surface area contributed by atoms with Gasteiger partial charge in [0, 0.05) is 24.1 Å². The summed E-state index contributed by atoms with van der Waals surface area (Å²) in [7, 11) is 0. The first-order chi connectivity index (χ1) is 7.74. The van der Waals surface area contributed by atoms with Crippen LogP contribution in [-0.4, -0.2) is 0 Å². The van der Waals surface area contributed by atoms with E-state index < -0.39 is 0 Å². The van der Waals surface area contributed by atoms with Gasteiger partial charge >= 0.3 is 0 Å². The number of hydrogen-bond acceptors (Lipinski definition) is 2. The van der Waals surface area contributed by atoms with Crippen molar-refractivity contribution >= 4 is 51.1 Å². The largest absolute Gasteiger partial charge is 0.0877 e. The molecular weight excluding hydrogens is 324 g/mol. The summed E-state index contributed by atoms with van der Waals surface area (Å²) in [6.45, 7) is 0. The summed E-state index contributed by atoms with van der Waals surface area (Å²) < 4.78 is 0.959. The second kappa shape index (κ2) is 4.30. The minimum Gasteiger partial charge on any atom is -0.0877 e. The van der Waals surface area contributed by atoms with Crippen molar-refractivity contribution in [2.45, 2.75) is 19.6 Å². The molecule has 0 amide bonds. The van der Waals surface area contributed by atoms with Crippen LogP contribution in [0.25, 0.3) is 0 Å². The van der Waals surface area contributed by atoms with Crippen LogP contribution in [0.15, 0.2) is 60.5 Å². The van der Waals surface area contributed by atoms with Gasteiger partial charge in [0.1, 0.15) is 0 Å². The van der Waals surface area contributed by atoms with Gasteiger partial charge in [0.25, 0.3) is 0 Å². The third kappa shape index (κ3) is 1.90. The molecule has 16 heavy (non-hydrogen) atoms. The van der Waals surface area contributed by atoms with E-state index >= 15 is 0 Å². The van der Waals surface area contributed by atoms with E-state index in [2.05, 4.69) is 46.3 Å². The highest BCUT2D eigenvalue weighted by molar-refractivity contribution is 9.10. The number of benzene rings is 2. The van der Waals surface area contributed by atoms with Crippen LogP contribution in [0.5, 0.6) is 0 Å². The van der Waals surface area contributed by atoms with Crippen LogP contribution in [0.4, 0.5) is 0 Å². The van der Waals surface area contributed by atoms with Gasteiger partial charge in [0.2, 0.25) is 0 Å². The Morgan fingerprint density at radius 1 is 0.875 bits per heavy atom. The van der Waals surface area contributed by atoms with Crippen LogP contribution < -0.4 is 0 Å². The second-order valence-electron chi connectivity index (χ2n) is 3.36. The zero-order chi connectivity index (χ0) is 11.1. The minimum absolute atomic E-state index is 0.770. The lowest BCUT2D eigenvalue weighted by molar-refractivity contribution is 1.15. The predicted octanol–water partition coefficient (Wildman–Crippen LogP) is 5.72. The molecule has 2 aromatic carbocycles. The molecule has 80 valence electrons. The van der Waals surface area contributed by atoms with E-state index in [1.807, 2.05) is 6.07 Å². The average Bonchev–Trinajstić information content (AvgIpc) is 2.28. The van der Waals surface area contributed by atoms with Crippen molar-refractivity contribution < 1.29 is 0 Å². The summed E-state index contributed by atoms with van der Waals surface area (Å²) in [5.41, 5.74) is 0. The fourth-order valence-corrected chi connectivity index (χ4v) is 4.53. The summed E-state index contributed by atoms with van der Waals surface area (Å²) in [5.74, 6) is 0. The van der Waals surface area contributed by atoms with Crippen LogP contribution in [0.2, 0.25) is 5.02 Å². The molecule has 0 aliphatic carbocycles. The third-order valence-electron chi connectivity index (χ3n) is 2.28. The minimum atomic E-state index is 0.770. The standard InChI is InChI=1S/C12H6BrClS2/c13-7-5-11-12(6-8(7)14)16-10-4-2-1-3-9(10)15-11/h1-6H. The summed E-state index contributed by atoms with van der Waals surface area (Å²) >= 11 is 13.1. The molecule has 1 heterocycles. The lowest BCUT2D eigenvalue weighted by atomic mass is 10.3. The number of rotatable bonds is 0. The molecule has 1 aliphatic rings. The normalized spacial score (nSPS) is 13.1. The monoisotopic (exact) mass is 328 g/mol. The Kier molecular flexibility index (Phi) is 2.96. The lowest BCUT2D eigenvalue weighted by Gasteiger charge is -2.18. The van der Waals surface area contributed by atoms with E-state index in [4.69, 9.17) is 11.6 Å². The van der Waals surface area contributed by atoms with E-state index in [9.17, 15) is 0 Å². The zero-order valence-electron chi connectivity index (χ0n) is 8.04. The van der Waals surface area contributed by atoms with Crippen LogP contribution in [0.3, 0.4) is 0 Å². The molecule has 0 unspecified atom stereocenters. The van der Waals surface area contributed by atoms with E-state index in [0.29, 0.717) is 0 Å². The highest BCUT2D eigenvalue weighted by atomic mass is 79.9. The fraction of sp³-hybridized carbons (Fsp3) is 0. The Bertz CT molecular complexity index is 519. The lowest BCUT2D eigenvalue weighted by Crippen LogP contribution is -1.89. The van der Waals surface area contributed by atoms with Gasteiger partial charge in [-0.2, -0.15) is 0 Å². The molecule has 3 rings (SSSR count). The van der Waals surface area contributed by atoms with Crippen molar-refractivity contribution in [1.82, 2.24) is 0 Å². The fourth-order valence-electron chi connectivity index (χ4n) is 1.53. The second-order valence-corrected chi connectivity index (χ2v) is 6.79. The molecule has 0 aromatic heterocycles. The zero-order valence-corrected chi connectivity index (χ0v) is 12.0. The molecule has 1 aliphatic heterocycles. The van der Waals surface area contributed by atoms with Gasteiger partial charge in [-0.25, -0.2) is 0 Å². The molecule has 0 radical (unpaired) electrons. The molecule has 0 spiro atoms. The summed E-state index contributed by atoms with van der Waals surface area (Å²) in [4.78, 5) is 5.12. The van der Waals surface area contributed by atoms with E-state index in [0.717, 1.165) is 9.50 Å². The molecule has 0 N–H and O–H groups in total. The van der Waals surface area contributed by atoms with Gasteiger partial charge in [-0.3, -0.25) is 0 Å². The summed E-state index contributed by atoms with van der Waals surface area (Å²) in [6.07, 6.45) is 0. The first kappa shape index (κ1) is 11.0. The molecule has 0 saturated heterocycles. The number of hydrogen-bond donors (Lipinski definition) is 0. The van der Waals surface area contributed by atoms with Crippen molar-refractivity contribution in [2.24, 2.45) is 0 Å². The van der Waals surface area contributed by atoms with Gasteiger partial charge in [0.05, 0.1) is 5.02 Å². The first-order valence-electron chi connectivity index (χ1n) is 4.68. The Morgan fingerprint density at radius 2 is 1.44 bits per heavy atom. The Labute approximate surface area is 116 Å². The van der Waals surface area contributed by atoms with Gasteiger partial charge in [-0.1, -0.05) is 47.3 Å². The molecule has 0 fully saturated rings. The average molecular weight is 330 g/mol. The number of halogens is 2. The maximum absolute atomic E-state index is 6.10. The van der Waals surface area contributed by atoms with Crippen molar-refractivity contribution in [3.05, 3.63) is 45.9 Å². The van der Waals surface area contributed by atoms with Crippen LogP contribution in [0, 0.1) is 0 Å². The van der Waals surface area contributed by atoms with Gasteiger partial charge in [0.15, 0.2) is 0 Å². The molecule has 0 saturated carbocycles. The van der Waals surface area contributed by atoms with Gasteiger partial charge in [-0.05, 0) is 40.2 Å². The van der Waals surface area contributed by atoms with Gasteiger partial charge in [-0.15, -0.1) is 0 Å². The summed E-state index contributed by atoms with van der Waals surface area (Å²) in [6, 6.07) is 12.5. The van der Waals surface area contributed by atoms with Crippen LogP contribution >= 0.6 is 51.1 Å². The maximum atomic E-state index is 6.10. The molecule has 0 atom stereocenters. The van der Waals surface area contributed by atoms with Crippen LogP contribution in [-0.2, 0) is 0 Å². The molecule has 4 heteroatoms. The van der Waals surface area contributed by atoms with Crippen molar-refractivity contribution in [2.75, 3.05) is 0 Å². The molecule has 0 nitrogen and oxygen atoms in total. The highest BCUT2D eigenvalue weighted by Gasteiger charge is 2.17. The molecule has 2 aromatic rings. The van der Waals surface area contributed by atoms with Crippen molar-refractivity contribution in [3.8, 4) is 0 Å². The first-order valence-corrected chi connectivity index (χ1v) is 7.48. The van der Waals surface area contributed by atoms with E-state index in [-0.39, 0.29) is 0 Å².